The van der Waals surface area contributed by atoms with Crippen LogP contribution < -0.4 is 16.4 Å². The van der Waals surface area contributed by atoms with Crippen molar-refractivity contribution in [1.82, 2.24) is 15.5 Å². The van der Waals surface area contributed by atoms with Crippen LogP contribution in [0.5, 0.6) is 0 Å². The maximum atomic E-state index is 13.7. The fourth-order valence-corrected chi connectivity index (χ4v) is 4.31. The standard InChI is InChI=1S/C26H31F2N5O3S/c1-3-17-5-4-6-18(9-17)14-30-15-23(22(29)12-19-10-20(27)13-21(28)11-19)36-25(35)8-7-24(34)31-26-33-32-16(2)37-26/h4-6,9-11,13,22-23,30H,3,7-8,12,14-15,29H2,1-2H3,(H,31,33,34)/t22-,23+/m0/s1. The van der Waals surface area contributed by atoms with Crippen molar-refractivity contribution in [3.05, 3.63) is 75.8 Å². The van der Waals surface area contributed by atoms with E-state index in [0.29, 0.717) is 22.2 Å². The molecule has 0 aliphatic carbocycles. The van der Waals surface area contributed by atoms with E-state index >= 15 is 0 Å². The number of nitrogens with one attached hydrogen (secondary N) is 2. The van der Waals surface area contributed by atoms with E-state index < -0.39 is 35.7 Å². The monoisotopic (exact) mass is 531 g/mol. The quantitative estimate of drug-likeness (QED) is 0.288. The van der Waals surface area contributed by atoms with Crippen LogP contribution in [0.15, 0.2) is 42.5 Å². The third kappa shape index (κ3) is 9.60. The lowest BCUT2D eigenvalue weighted by molar-refractivity contribution is -0.150. The number of carbonyl (C=O) groups excluding carboxylic acids is 2. The summed E-state index contributed by atoms with van der Waals surface area (Å²) in [4.78, 5) is 24.7. The van der Waals surface area contributed by atoms with Crippen LogP contribution in [0.2, 0.25) is 0 Å². The third-order valence-corrected chi connectivity index (χ3v) is 6.31. The lowest BCUT2D eigenvalue weighted by atomic mass is 10.0. The molecule has 198 valence electrons. The Hall–Kier alpha value is -3.28. The number of benzene rings is 2. The molecule has 2 aromatic carbocycles. The number of aromatic nitrogens is 2. The lowest BCUT2D eigenvalue weighted by Crippen LogP contribution is -2.46. The van der Waals surface area contributed by atoms with Crippen LogP contribution in [0.1, 0.15) is 41.5 Å². The van der Waals surface area contributed by atoms with Crippen molar-refractivity contribution in [1.29, 1.82) is 0 Å². The maximum Gasteiger partial charge on any atom is 0.306 e. The van der Waals surface area contributed by atoms with Crippen molar-refractivity contribution < 1.29 is 23.1 Å². The number of esters is 1. The van der Waals surface area contributed by atoms with Crippen LogP contribution in [-0.4, -0.2) is 40.8 Å². The summed E-state index contributed by atoms with van der Waals surface area (Å²) in [5.74, 6) is -2.41. The molecule has 0 radical (unpaired) electrons. The zero-order valence-electron chi connectivity index (χ0n) is 20.8. The van der Waals surface area contributed by atoms with Crippen molar-refractivity contribution in [2.45, 2.75) is 58.2 Å². The SMILES string of the molecule is CCc1cccc(CNC[C@@H](OC(=O)CCC(=O)Nc2nnc(C)s2)[C@@H](N)Cc2cc(F)cc(F)c2)c1. The number of nitrogens with zero attached hydrogens (tertiary/aromatic N) is 2. The van der Waals surface area contributed by atoms with Crippen LogP contribution in [0.4, 0.5) is 13.9 Å². The van der Waals surface area contributed by atoms with Crippen LogP contribution in [0.3, 0.4) is 0 Å². The van der Waals surface area contributed by atoms with Gasteiger partial charge < -0.3 is 21.1 Å². The van der Waals surface area contributed by atoms with Gasteiger partial charge in [-0.2, -0.15) is 0 Å². The number of nitrogens with two attached hydrogens (primary N) is 1. The number of hydrogen-bond acceptors (Lipinski definition) is 8. The maximum absolute atomic E-state index is 13.7. The Kier molecular flexibility index (Phi) is 10.6. The molecule has 4 N–H and O–H groups in total. The molecule has 0 spiro atoms. The molecule has 0 saturated heterocycles. The Morgan fingerprint density at radius 2 is 1.78 bits per heavy atom. The molecule has 0 fully saturated rings. The minimum Gasteiger partial charge on any atom is -0.459 e. The minimum absolute atomic E-state index is 0.0938. The van der Waals surface area contributed by atoms with Gasteiger partial charge in [-0.3, -0.25) is 9.59 Å². The number of carbonyl (C=O) groups is 2. The fraction of sp³-hybridized carbons (Fsp3) is 0.385. The number of rotatable bonds is 13. The highest BCUT2D eigenvalue weighted by Gasteiger charge is 2.23. The molecule has 37 heavy (non-hydrogen) atoms. The molecule has 0 aliphatic rings. The topological polar surface area (TPSA) is 119 Å². The van der Waals surface area contributed by atoms with Crippen molar-refractivity contribution in [2.75, 3.05) is 11.9 Å². The van der Waals surface area contributed by atoms with E-state index in [0.717, 1.165) is 18.1 Å². The second-order valence-corrected chi connectivity index (χ2v) is 9.83. The van der Waals surface area contributed by atoms with Gasteiger partial charge in [0.1, 0.15) is 22.7 Å². The van der Waals surface area contributed by atoms with E-state index in [4.69, 9.17) is 10.5 Å². The van der Waals surface area contributed by atoms with Gasteiger partial charge in [0.05, 0.1) is 6.42 Å². The Morgan fingerprint density at radius 3 is 2.46 bits per heavy atom. The van der Waals surface area contributed by atoms with E-state index in [-0.39, 0.29) is 25.8 Å². The molecule has 11 heteroatoms. The summed E-state index contributed by atoms with van der Waals surface area (Å²) in [6.07, 6.45) is -0.0560. The summed E-state index contributed by atoms with van der Waals surface area (Å²) < 4.78 is 32.9. The summed E-state index contributed by atoms with van der Waals surface area (Å²) in [6, 6.07) is 10.5. The number of ether oxygens (including phenoxy) is 1. The van der Waals surface area contributed by atoms with Crippen LogP contribution in [-0.2, 0) is 33.7 Å². The molecule has 0 unspecified atom stereocenters. The zero-order valence-corrected chi connectivity index (χ0v) is 21.6. The molecule has 3 aromatic rings. The number of amides is 1. The Labute approximate surface area is 218 Å². The number of hydrogen-bond donors (Lipinski definition) is 3. The van der Waals surface area contributed by atoms with Gasteiger partial charge in [0, 0.05) is 31.6 Å². The van der Waals surface area contributed by atoms with Crippen LogP contribution in [0, 0.1) is 18.6 Å². The molecule has 3 rings (SSSR count). The number of halogens is 2. The zero-order chi connectivity index (χ0) is 26.8. The summed E-state index contributed by atoms with van der Waals surface area (Å²) in [5, 5.41) is 14.5. The second kappa shape index (κ2) is 13.9. The predicted molar refractivity (Wildman–Crippen MR) is 138 cm³/mol. The summed E-state index contributed by atoms with van der Waals surface area (Å²) in [7, 11) is 0. The molecular formula is C26H31F2N5O3S. The first-order valence-electron chi connectivity index (χ1n) is 12.0. The molecule has 2 atom stereocenters. The van der Waals surface area contributed by atoms with E-state index in [9.17, 15) is 18.4 Å². The summed E-state index contributed by atoms with van der Waals surface area (Å²) in [6.45, 7) is 4.58. The first kappa shape index (κ1) is 28.3. The summed E-state index contributed by atoms with van der Waals surface area (Å²) >= 11 is 1.23. The first-order valence-corrected chi connectivity index (χ1v) is 12.8. The van der Waals surface area contributed by atoms with Gasteiger partial charge in [-0.15, -0.1) is 10.2 Å². The molecule has 8 nitrogen and oxygen atoms in total. The van der Waals surface area contributed by atoms with E-state index in [1.54, 1.807) is 6.92 Å². The van der Waals surface area contributed by atoms with Gasteiger partial charge in [0.15, 0.2) is 0 Å². The van der Waals surface area contributed by atoms with Crippen molar-refractivity contribution in [3.8, 4) is 0 Å². The second-order valence-electron chi connectivity index (χ2n) is 8.65. The Morgan fingerprint density at radius 1 is 1.05 bits per heavy atom. The first-order chi connectivity index (χ1) is 17.7. The Balaban J connectivity index is 1.59. The molecule has 1 aromatic heterocycles. The largest absolute Gasteiger partial charge is 0.459 e. The number of aryl methyl sites for hydroxylation is 2. The molecular weight excluding hydrogens is 500 g/mol. The van der Waals surface area contributed by atoms with E-state index in [2.05, 4.69) is 33.8 Å². The van der Waals surface area contributed by atoms with Crippen LogP contribution in [0.25, 0.3) is 0 Å². The average molecular weight is 532 g/mol. The number of anilines is 1. The van der Waals surface area contributed by atoms with Crippen molar-refractivity contribution in [3.63, 3.8) is 0 Å². The van der Waals surface area contributed by atoms with Gasteiger partial charge in [0.2, 0.25) is 11.0 Å². The highest BCUT2D eigenvalue weighted by Crippen LogP contribution is 2.15. The van der Waals surface area contributed by atoms with Gasteiger partial charge in [-0.05, 0) is 48.6 Å². The smallest absolute Gasteiger partial charge is 0.306 e. The average Bonchev–Trinajstić information content (AvgIpc) is 3.25. The molecule has 1 amide bonds. The molecule has 0 saturated carbocycles. The van der Waals surface area contributed by atoms with Gasteiger partial charge >= 0.3 is 5.97 Å². The van der Waals surface area contributed by atoms with Gasteiger partial charge in [-0.25, -0.2) is 8.78 Å². The lowest BCUT2D eigenvalue weighted by Gasteiger charge is -2.25. The van der Waals surface area contributed by atoms with E-state index in [1.807, 2.05) is 18.2 Å². The van der Waals surface area contributed by atoms with Gasteiger partial charge in [-0.1, -0.05) is 42.5 Å². The Bertz CT molecular complexity index is 1190. The molecule has 0 bridgehead atoms. The molecule has 0 aliphatic heterocycles. The normalized spacial score (nSPS) is 12.7. The van der Waals surface area contributed by atoms with Crippen molar-refractivity contribution in [2.24, 2.45) is 5.73 Å². The van der Waals surface area contributed by atoms with Crippen molar-refractivity contribution >= 4 is 28.3 Å². The van der Waals surface area contributed by atoms with Crippen LogP contribution >= 0.6 is 11.3 Å². The summed E-state index contributed by atoms with van der Waals surface area (Å²) in [5.41, 5.74) is 8.95. The fourth-order valence-electron chi connectivity index (χ4n) is 3.70. The predicted octanol–water partition coefficient (Wildman–Crippen LogP) is 3.68. The molecule has 1 heterocycles. The van der Waals surface area contributed by atoms with Gasteiger partial charge in [0.25, 0.3) is 0 Å². The highest BCUT2D eigenvalue weighted by atomic mass is 32.1. The third-order valence-electron chi connectivity index (χ3n) is 5.56. The highest BCUT2D eigenvalue weighted by molar-refractivity contribution is 7.15. The minimum atomic E-state index is -0.790. The van der Waals surface area contributed by atoms with E-state index in [1.165, 1.54) is 29.0 Å².